The summed E-state index contributed by atoms with van der Waals surface area (Å²) in [4.78, 5) is 26.3. The van der Waals surface area contributed by atoms with Crippen molar-refractivity contribution in [3.05, 3.63) is 47.0 Å². The Bertz CT molecular complexity index is 646. The maximum atomic E-state index is 11.9. The molecule has 2 heterocycles. The molecule has 0 saturated carbocycles. The van der Waals surface area contributed by atoms with Gasteiger partial charge in [-0.25, -0.2) is 9.78 Å². The quantitative estimate of drug-likeness (QED) is 0.857. The van der Waals surface area contributed by atoms with E-state index in [0.717, 1.165) is 11.3 Å². The lowest BCUT2D eigenvalue weighted by molar-refractivity contribution is 0.0689. The van der Waals surface area contributed by atoms with Gasteiger partial charge in [0.15, 0.2) is 0 Å². The molecule has 0 saturated heterocycles. The van der Waals surface area contributed by atoms with E-state index in [1.807, 2.05) is 14.0 Å². The molecular formula is C13H14N4O3. The molecule has 2 aromatic rings. The number of aryl methyl sites for hydroxylation is 1. The molecule has 0 radical (unpaired) electrons. The van der Waals surface area contributed by atoms with E-state index in [4.69, 9.17) is 5.11 Å². The highest BCUT2D eigenvalue weighted by atomic mass is 16.4. The molecule has 0 bridgehead atoms. The SMILES string of the molecule is Cc1c(CNC(=O)c2ccc(C(=O)O)nc2)cnn1C. The molecular weight excluding hydrogens is 260 g/mol. The first-order valence-electron chi connectivity index (χ1n) is 5.94. The van der Waals surface area contributed by atoms with Crippen LogP contribution in [0.15, 0.2) is 24.5 Å². The third-order valence-electron chi connectivity index (χ3n) is 3.02. The van der Waals surface area contributed by atoms with Gasteiger partial charge in [-0.1, -0.05) is 0 Å². The lowest BCUT2D eigenvalue weighted by Gasteiger charge is -2.05. The Morgan fingerprint density at radius 2 is 2.10 bits per heavy atom. The van der Waals surface area contributed by atoms with E-state index in [-0.39, 0.29) is 11.6 Å². The number of hydrogen-bond acceptors (Lipinski definition) is 4. The second-order valence-corrected chi connectivity index (χ2v) is 4.30. The molecule has 2 rings (SSSR count). The van der Waals surface area contributed by atoms with E-state index in [1.54, 1.807) is 10.9 Å². The fourth-order valence-electron chi connectivity index (χ4n) is 1.65. The van der Waals surface area contributed by atoms with Crippen LogP contribution in [0.1, 0.15) is 32.1 Å². The minimum Gasteiger partial charge on any atom is -0.477 e. The third kappa shape index (κ3) is 2.82. The average molecular weight is 274 g/mol. The minimum absolute atomic E-state index is 0.0929. The number of amides is 1. The fraction of sp³-hybridized carbons (Fsp3) is 0.231. The summed E-state index contributed by atoms with van der Waals surface area (Å²) in [7, 11) is 1.83. The maximum absolute atomic E-state index is 11.9. The molecule has 0 atom stereocenters. The molecule has 1 amide bonds. The molecule has 2 aromatic heterocycles. The molecule has 0 aliphatic heterocycles. The zero-order chi connectivity index (χ0) is 14.7. The lowest BCUT2D eigenvalue weighted by Crippen LogP contribution is -2.23. The Labute approximate surface area is 115 Å². The standard InChI is InChI=1S/C13H14N4O3/c1-8-10(7-16-17(8)2)6-15-12(18)9-3-4-11(13(19)20)14-5-9/h3-5,7H,6H2,1-2H3,(H,15,18)(H,19,20). The molecule has 20 heavy (non-hydrogen) atoms. The summed E-state index contributed by atoms with van der Waals surface area (Å²) in [6, 6.07) is 2.73. The number of nitrogens with one attached hydrogen (secondary N) is 1. The minimum atomic E-state index is -1.12. The van der Waals surface area contributed by atoms with Gasteiger partial charge in [-0.3, -0.25) is 9.48 Å². The summed E-state index contributed by atoms with van der Waals surface area (Å²) in [6.07, 6.45) is 2.94. The van der Waals surface area contributed by atoms with Crippen molar-refractivity contribution in [2.75, 3.05) is 0 Å². The molecule has 7 nitrogen and oxygen atoms in total. The van der Waals surface area contributed by atoms with Gasteiger partial charge in [0.05, 0.1) is 11.8 Å². The van der Waals surface area contributed by atoms with E-state index in [2.05, 4.69) is 15.4 Å². The van der Waals surface area contributed by atoms with Crippen molar-refractivity contribution < 1.29 is 14.7 Å². The number of carbonyl (C=O) groups excluding carboxylic acids is 1. The van der Waals surface area contributed by atoms with Gasteiger partial charge in [0, 0.05) is 31.0 Å². The van der Waals surface area contributed by atoms with Crippen molar-refractivity contribution in [1.29, 1.82) is 0 Å². The number of rotatable bonds is 4. The number of carboxylic acids is 1. The van der Waals surface area contributed by atoms with E-state index in [9.17, 15) is 9.59 Å². The fourth-order valence-corrected chi connectivity index (χ4v) is 1.65. The predicted octanol–water partition coefficient (Wildman–Crippen LogP) is 0.752. The summed E-state index contributed by atoms with van der Waals surface area (Å²) in [6.45, 7) is 2.27. The Morgan fingerprint density at radius 1 is 1.35 bits per heavy atom. The second kappa shape index (κ2) is 5.52. The van der Waals surface area contributed by atoms with Crippen molar-refractivity contribution in [3.8, 4) is 0 Å². The third-order valence-corrected chi connectivity index (χ3v) is 3.02. The number of pyridine rings is 1. The van der Waals surface area contributed by atoms with Crippen LogP contribution in [0.5, 0.6) is 0 Å². The van der Waals surface area contributed by atoms with Gasteiger partial charge in [-0.15, -0.1) is 0 Å². The maximum Gasteiger partial charge on any atom is 0.354 e. The number of aromatic nitrogens is 3. The van der Waals surface area contributed by atoms with Crippen LogP contribution in [0.2, 0.25) is 0 Å². The average Bonchev–Trinajstić information content (AvgIpc) is 2.76. The molecule has 0 spiro atoms. The Kier molecular flexibility index (Phi) is 3.79. The van der Waals surface area contributed by atoms with Crippen LogP contribution in [0, 0.1) is 6.92 Å². The zero-order valence-electron chi connectivity index (χ0n) is 11.1. The molecule has 0 aromatic carbocycles. The summed E-state index contributed by atoms with van der Waals surface area (Å²) in [5.74, 6) is -1.43. The van der Waals surface area contributed by atoms with Crippen LogP contribution < -0.4 is 5.32 Å². The van der Waals surface area contributed by atoms with Crippen molar-refractivity contribution in [2.24, 2.45) is 7.05 Å². The highest BCUT2D eigenvalue weighted by molar-refractivity contribution is 5.94. The van der Waals surface area contributed by atoms with Crippen LogP contribution in [0.25, 0.3) is 0 Å². The highest BCUT2D eigenvalue weighted by Crippen LogP contribution is 2.06. The van der Waals surface area contributed by atoms with Crippen LogP contribution >= 0.6 is 0 Å². The molecule has 0 unspecified atom stereocenters. The predicted molar refractivity (Wildman–Crippen MR) is 70.3 cm³/mol. The van der Waals surface area contributed by atoms with Gasteiger partial charge in [-0.2, -0.15) is 5.10 Å². The van der Waals surface area contributed by atoms with Crippen molar-refractivity contribution >= 4 is 11.9 Å². The van der Waals surface area contributed by atoms with Gasteiger partial charge in [0.25, 0.3) is 5.91 Å². The van der Waals surface area contributed by atoms with E-state index >= 15 is 0 Å². The number of carboxylic acid groups (broad SMARTS) is 1. The van der Waals surface area contributed by atoms with Crippen LogP contribution in [-0.2, 0) is 13.6 Å². The van der Waals surface area contributed by atoms with Crippen LogP contribution in [-0.4, -0.2) is 31.7 Å². The van der Waals surface area contributed by atoms with E-state index in [0.29, 0.717) is 12.1 Å². The zero-order valence-corrected chi connectivity index (χ0v) is 11.1. The molecule has 0 aliphatic carbocycles. The van der Waals surface area contributed by atoms with Gasteiger partial charge in [0.2, 0.25) is 0 Å². The normalized spacial score (nSPS) is 10.3. The summed E-state index contributed by atoms with van der Waals surface area (Å²) in [5, 5.41) is 15.6. The summed E-state index contributed by atoms with van der Waals surface area (Å²) < 4.78 is 1.73. The molecule has 2 N–H and O–H groups in total. The van der Waals surface area contributed by atoms with Crippen molar-refractivity contribution in [2.45, 2.75) is 13.5 Å². The topological polar surface area (TPSA) is 97.1 Å². The monoisotopic (exact) mass is 274 g/mol. The van der Waals surface area contributed by atoms with Crippen LogP contribution in [0.4, 0.5) is 0 Å². The van der Waals surface area contributed by atoms with Gasteiger partial charge >= 0.3 is 5.97 Å². The van der Waals surface area contributed by atoms with Gasteiger partial charge < -0.3 is 10.4 Å². The molecule has 7 heteroatoms. The van der Waals surface area contributed by atoms with Crippen LogP contribution in [0.3, 0.4) is 0 Å². The van der Waals surface area contributed by atoms with E-state index in [1.165, 1.54) is 18.3 Å². The number of hydrogen-bond donors (Lipinski definition) is 2. The Hall–Kier alpha value is -2.70. The van der Waals surface area contributed by atoms with E-state index < -0.39 is 5.97 Å². The lowest BCUT2D eigenvalue weighted by atomic mass is 10.2. The second-order valence-electron chi connectivity index (χ2n) is 4.30. The Balaban J connectivity index is 2.01. The van der Waals surface area contributed by atoms with Gasteiger partial charge in [0.1, 0.15) is 5.69 Å². The molecule has 0 aliphatic rings. The van der Waals surface area contributed by atoms with Gasteiger partial charge in [-0.05, 0) is 19.1 Å². The van der Waals surface area contributed by atoms with Crippen molar-refractivity contribution in [1.82, 2.24) is 20.1 Å². The first kappa shape index (κ1) is 13.7. The summed E-state index contributed by atoms with van der Waals surface area (Å²) in [5.41, 5.74) is 2.13. The smallest absolute Gasteiger partial charge is 0.354 e. The first-order chi connectivity index (χ1) is 9.49. The highest BCUT2D eigenvalue weighted by Gasteiger charge is 2.10. The first-order valence-corrected chi connectivity index (χ1v) is 5.94. The number of carbonyl (C=O) groups is 2. The molecule has 104 valence electrons. The molecule has 0 fully saturated rings. The number of aromatic carboxylic acids is 1. The Morgan fingerprint density at radius 3 is 2.60 bits per heavy atom. The van der Waals surface area contributed by atoms with Crippen molar-refractivity contribution in [3.63, 3.8) is 0 Å². The number of nitrogens with zero attached hydrogens (tertiary/aromatic N) is 3. The largest absolute Gasteiger partial charge is 0.477 e. The summed E-state index contributed by atoms with van der Waals surface area (Å²) >= 11 is 0.